The van der Waals surface area contributed by atoms with Crippen molar-refractivity contribution in [3.63, 3.8) is 0 Å². The van der Waals surface area contributed by atoms with Crippen LogP contribution in [0.4, 0.5) is 11.4 Å². The van der Waals surface area contributed by atoms with Crippen LogP contribution >= 0.6 is 0 Å². The van der Waals surface area contributed by atoms with Gasteiger partial charge in [0, 0.05) is 46.8 Å². The predicted molar refractivity (Wildman–Crippen MR) is 121 cm³/mol. The van der Waals surface area contributed by atoms with Gasteiger partial charge in [-0.2, -0.15) is 0 Å². The van der Waals surface area contributed by atoms with Crippen LogP contribution in [0.25, 0.3) is 0 Å². The summed E-state index contributed by atoms with van der Waals surface area (Å²) in [4.78, 5) is 0. The van der Waals surface area contributed by atoms with Gasteiger partial charge in [-0.15, -0.1) is 0 Å². The molecule has 4 rings (SSSR count). The smallest absolute Gasteiger partial charge is 0.173 e. The topological polar surface area (TPSA) is 59.8 Å². The Labute approximate surface area is 194 Å². The van der Waals surface area contributed by atoms with E-state index in [2.05, 4.69) is 57.7 Å². The number of halogens is 1. The normalized spacial score (nSPS) is 10.5. The van der Waals surface area contributed by atoms with Crippen LogP contribution in [-0.4, -0.2) is 0 Å². The summed E-state index contributed by atoms with van der Waals surface area (Å²) in [5, 5.41) is 0. The Balaban J connectivity index is 0.00000272. The number of nitrogens with zero attached hydrogens (tertiary/aromatic N) is 2. The molecule has 0 unspecified atom stereocenters. The van der Waals surface area contributed by atoms with Crippen molar-refractivity contribution < 1.29 is 26.1 Å². The van der Waals surface area contributed by atoms with E-state index in [0.29, 0.717) is 0 Å². The molecule has 2 aromatic heterocycles. The molecule has 0 fully saturated rings. The second-order valence-corrected chi connectivity index (χ2v) is 7.74. The summed E-state index contributed by atoms with van der Waals surface area (Å²) in [6, 6.07) is 25.5. The minimum absolute atomic E-state index is 0. The van der Waals surface area contributed by atoms with Gasteiger partial charge in [-0.05, 0) is 24.0 Å². The Morgan fingerprint density at radius 1 is 0.452 bits per heavy atom. The summed E-state index contributed by atoms with van der Waals surface area (Å²) >= 11 is 0. The highest BCUT2D eigenvalue weighted by Gasteiger charge is 2.05. The Morgan fingerprint density at radius 3 is 1.06 bits per heavy atom. The van der Waals surface area contributed by atoms with Crippen molar-refractivity contribution in [2.24, 2.45) is 0 Å². The van der Waals surface area contributed by atoms with E-state index in [1.165, 1.54) is 22.3 Å². The highest BCUT2D eigenvalue weighted by molar-refractivity contribution is 5.33. The average Bonchev–Trinajstić information content (AvgIpc) is 2.77. The van der Waals surface area contributed by atoms with Gasteiger partial charge in [0.05, 0.1) is 0 Å². The van der Waals surface area contributed by atoms with Crippen LogP contribution in [0.3, 0.4) is 0 Å². The van der Waals surface area contributed by atoms with Crippen molar-refractivity contribution in [3.05, 3.63) is 120 Å². The molecule has 5 heteroatoms. The lowest BCUT2D eigenvalue weighted by Crippen LogP contribution is -3.00. The van der Waals surface area contributed by atoms with Gasteiger partial charge in [0.15, 0.2) is 37.9 Å². The quantitative estimate of drug-likeness (QED) is 0.378. The minimum atomic E-state index is 0. The van der Waals surface area contributed by atoms with Crippen molar-refractivity contribution in [1.82, 2.24) is 0 Å². The first kappa shape index (κ1) is 22.5. The number of nitrogen functional groups attached to an aromatic ring is 2. The fourth-order valence-corrected chi connectivity index (χ4v) is 3.48. The number of hydrogen-bond acceptors (Lipinski definition) is 2. The fourth-order valence-electron chi connectivity index (χ4n) is 3.48. The summed E-state index contributed by atoms with van der Waals surface area (Å²) in [6.45, 7) is 1.71. The van der Waals surface area contributed by atoms with Gasteiger partial charge in [0.1, 0.15) is 0 Å². The molecule has 0 saturated heterocycles. The van der Waals surface area contributed by atoms with E-state index >= 15 is 0 Å². The first-order valence-corrected chi connectivity index (χ1v) is 10.3. The average molecular weight is 476 g/mol. The van der Waals surface area contributed by atoms with Gasteiger partial charge >= 0.3 is 0 Å². The van der Waals surface area contributed by atoms with Crippen LogP contribution < -0.4 is 37.6 Å². The number of nitrogens with two attached hydrogens (primary N) is 2. The van der Waals surface area contributed by atoms with Crippen molar-refractivity contribution in [2.45, 2.75) is 25.9 Å². The number of aryl methyl sites for hydroxylation is 2. The number of hydrogen-bond donors (Lipinski definition) is 2. The van der Waals surface area contributed by atoms with E-state index in [0.717, 1.165) is 37.3 Å². The number of anilines is 2. The number of pyridine rings is 2. The summed E-state index contributed by atoms with van der Waals surface area (Å²) in [5.41, 5.74) is 18.4. The molecule has 31 heavy (non-hydrogen) atoms. The van der Waals surface area contributed by atoms with Crippen molar-refractivity contribution in [2.75, 3.05) is 11.5 Å². The van der Waals surface area contributed by atoms with E-state index in [9.17, 15) is 0 Å². The van der Waals surface area contributed by atoms with E-state index in [1.54, 1.807) is 0 Å². The second-order valence-electron chi connectivity index (χ2n) is 7.74. The largest absolute Gasteiger partial charge is 1.00 e. The maximum atomic E-state index is 5.75. The maximum Gasteiger partial charge on any atom is 0.173 e. The lowest BCUT2D eigenvalue weighted by molar-refractivity contribution is -0.688. The SMILES string of the molecule is Nc1cc[n+](Cc2ccc(CCc3ccc(C[n+]4ccc(N)cc4)cc3)cc2)cc1.[Br-]. The highest BCUT2D eigenvalue weighted by Crippen LogP contribution is 2.11. The van der Waals surface area contributed by atoms with Crippen LogP contribution in [0, 0.1) is 0 Å². The lowest BCUT2D eigenvalue weighted by Gasteiger charge is -2.05. The molecule has 2 aromatic carbocycles. The molecule has 0 spiro atoms. The van der Waals surface area contributed by atoms with Crippen molar-refractivity contribution in [3.8, 4) is 0 Å². The van der Waals surface area contributed by atoms with Gasteiger partial charge < -0.3 is 28.4 Å². The first-order valence-electron chi connectivity index (χ1n) is 10.3. The zero-order valence-corrected chi connectivity index (χ0v) is 19.1. The predicted octanol–water partition coefficient (Wildman–Crippen LogP) is 0.312. The molecule has 0 aliphatic carbocycles. The van der Waals surface area contributed by atoms with Crippen LogP contribution in [0.2, 0.25) is 0 Å². The Kier molecular flexibility index (Phi) is 7.79. The zero-order valence-electron chi connectivity index (χ0n) is 17.5. The fraction of sp³-hybridized carbons (Fsp3) is 0.154. The van der Waals surface area contributed by atoms with E-state index in [1.807, 2.05) is 49.1 Å². The van der Waals surface area contributed by atoms with Gasteiger partial charge in [0.2, 0.25) is 0 Å². The lowest BCUT2D eigenvalue weighted by atomic mass is 10.0. The summed E-state index contributed by atoms with van der Waals surface area (Å²) in [5.74, 6) is 0. The van der Waals surface area contributed by atoms with Crippen LogP contribution in [-0.2, 0) is 25.9 Å². The van der Waals surface area contributed by atoms with Crippen molar-refractivity contribution in [1.29, 1.82) is 0 Å². The second kappa shape index (κ2) is 10.7. The molecular formula is C26H28BrN4+. The molecule has 158 valence electrons. The third kappa shape index (κ3) is 6.66. The molecule has 0 radical (unpaired) electrons. The standard InChI is InChI=1S/C26H26N4.BrH/c27-25-11-15-29(16-12-25)19-23-7-3-21(4-8-23)1-2-22-5-9-24(10-6-22)20-30-17-13-26(28)14-18-30;/h3-18,27-28H,1-2,19-20H2;1H/p+1. The molecule has 0 atom stereocenters. The third-order valence-corrected chi connectivity index (χ3v) is 5.31. The summed E-state index contributed by atoms with van der Waals surface area (Å²) < 4.78 is 4.27. The third-order valence-electron chi connectivity index (χ3n) is 5.31. The summed E-state index contributed by atoms with van der Waals surface area (Å²) in [6.07, 6.45) is 10.1. The van der Waals surface area contributed by atoms with Gasteiger partial charge in [0.25, 0.3) is 0 Å². The van der Waals surface area contributed by atoms with Crippen LogP contribution in [0.15, 0.2) is 97.6 Å². The van der Waals surface area contributed by atoms with Gasteiger partial charge in [-0.3, -0.25) is 0 Å². The molecule has 4 nitrogen and oxygen atoms in total. The number of benzene rings is 2. The van der Waals surface area contributed by atoms with Crippen molar-refractivity contribution >= 4 is 11.4 Å². The first-order chi connectivity index (χ1) is 14.6. The van der Waals surface area contributed by atoms with E-state index in [4.69, 9.17) is 11.5 Å². The highest BCUT2D eigenvalue weighted by atomic mass is 79.9. The maximum absolute atomic E-state index is 5.75. The Bertz CT molecular complexity index is 983. The molecule has 0 aliphatic rings. The van der Waals surface area contributed by atoms with Crippen LogP contribution in [0.1, 0.15) is 22.3 Å². The molecule has 2 heterocycles. The van der Waals surface area contributed by atoms with Gasteiger partial charge in [-0.25, -0.2) is 9.13 Å². The number of aromatic nitrogens is 2. The van der Waals surface area contributed by atoms with Gasteiger partial charge in [-0.1, -0.05) is 48.5 Å². The monoisotopic (exact) mass is 475 g/mol. The molecule has 4 N–H and O–H groups in total. The molecule has 0 bridgehead atoms. The zero-order chi connectivity index (χ0) is 20.8. The minimum Gasteiger partial charge on any atom is -1.00 e. The molecular weight excluding hydrogens is 448 g/mol. The molecule has 0 aliphatic heterocycles. The Hall–Kier alpha value is -3.18. The Morgan fingerprint density at radius 2 is 0.742 bits per heavy atom. The van der Waals surface area contributed by atoms with E-state index in [-0.39, 0.29) is 17.0 Å². The summed E-state index contributed by atoms with van der Waals surface area (Å²) in [7, 11) is 0. The molecule has 0 amide bonds. The van der Waals surface area contributed by atoms with E-state index < -0.39 is 0 Å². The number of rotatable bonds is 7. The molecule has 0 saturated carbocycles. The molecule has 4 aromatic rings. The van der Waals surface area contributed by atoms with Crippen LogP contribution in [0.5, 0.6) is 0 Å².